The van der Waals surface area contributed by atoms with E-state index in [-0.39, 0.29) is 5.91 Å². The van der Waals surface area contributed by atoms with Gasteiger partial charge in [-0.2, -0.15) is 0 Å². The number of carbonyl (C=O) groups is 1. The summed E-state index contributed by atoms with van der Waals surface area (Å²) in [4.78, 5) is 16.2. The second-order valence-electron chi connectivity index (χ2n) is 6.15. The van der Waals surface area contributed by atoms with Crippen molar-refractivity contribution in [3.05, 3.63) is 59.4 Å². The topological polar surface area (TPSA) is 54.0 Å². The van der Waals surface area contributed by atoms with Gasteiger partial charge in [0.1, 0.15) is 5.69 Å². The van der Waals surface area contributed by atoms with Crippen LogP contribution in [0.5, 0.6) is 0 Å². The molecule has 0 aliphatic rings. The first-order valence-corrected chi connectivity index (χ1v) is 8.09. The van der Waals surface area contributed by atoms with Gasteiger partial charge in [0.25, 0.3) is 5.91 Å². The van der Waals surface area contributed by atoms with Crippen molar-refractivity contribution >= 4 is 11.6 Å². The van der Waals surface area contributed by atoms with E-state index in [0.29, 0.717) is 18.2 Å². The Morgan fingerprint density at radius 3 is 2.61 bits per heavy atom. The van der Waals surface area contributed by atoms with Crippen molar-refractivity contribution in [3.8, 4) is 0 Å². The molecule has 1 heterocycles. The molecule has 4 heteroatoms. The molecule has 0 fully saturated rings. The highest BCUT2D eigenvalue weighted by atomic mass is 16.1. The van der Waals surface area contributed by atoms with Crippen LogP contribution in [0.1, 0.15) is 41.9 Å². The van der Waals surface area contributed by atoms with Gasteiger partial charge in [-0.1, -0.05) is 38.1 Å². The van der Waals surface area contributed by atoms with Gasteiger partial charge >= 0.3 is 0 Å². The van der Waals surface area contributed by atoms with Gasteiger partial charge in [-0.15, -0.1) is 0 Å². The first-order chi connectivity index (χ1) is 11.1. The maximum Gasteiger partial charge on any atom is 0.269 e. The second kappa shape index (κ2) is 8.32. The lowest BCUT2D eigenvalue weighted by atomic mass is 10.1. The minimum Gasteiger partial charge on any atom is -0.380 e. The third-order valence-electron chi connectivity index (χ3n) is 3.75. The largest absolute Gasteiger partial charge is 0.380 e. The van der Waals surface area contributed by atoms with Crippen LogP contribution in [0.4, 0.5) is 5.69 Å². The molecule has 122 valence electrons. The monoisotopic (exact) mass is 311 g/mol. The number of hydrogen-bond acceptors (Lipinski definition) is 3. The summed E-state index contributed by atoms with van der Waals surface area (Å²) < 4.78 is 0. The van der Waals surface area contributed by atoms with E-state index in [4.69, 9.17) is 0 Å². The summed E-state index contributed by atoms with van der Waals surface area (Å²) >= 11 is 0. The number of amides is 1. The first kappa shape index (κ1) is 17.0. The fourth-order valence-corrected chi connectivity index (χ4v) is 2.20. The van der Waals surface area contributed by atoms with Crippen molar-refractivity contribution in [2.75, 3.05) is 11.9 Å². The Morgan fingerprint density at radius 1 is 1.17 bits per heavy atom. The summed E-state index contributed by atoms with van der Waals surface area (Å²) in [5.41, 5.74) is 3.87. The van der Waals surface area contributed by atoms with E-state index in [2.05, 4.69) is 48.5 Å². The zero-order valence-corrected chi connectivity index (χ0v) is 14.1. The van der Waals surface area contributed by atoms with Crippen molar-refractivity contribution in [2.45, 2.75) is 33.7 Å². The molecule has 0 aliphatic heterocycles. The number of aromatic nitrogens is 1. The molecule has 0 spiro atoms. The summed E-state index contributed by atoms with van der Waals surface area (Å²) in [6, 6.07) is 11.9. The van der Waals surface area contributed by atoms with Crippen LogP contribution in [0.3, 0.4) is 0 Å². The van der Waals surface area contributed by atoms with Crippen LogP contribution >= 0.6 is 0 Å². The van der Waals surface area contributed by atoms with Crippen LogP contribution in [0.15, 0.2) is 42.6 Å². The second-order valence-corrected chi connectivity index (χ2v) is 6.15. The third-order valence-corrected chi connectivity index (χ3v) is 3.75. The quantitative estimate of drug-likeness (QED) is 0.818. The number of rotatable bonds is 7. The van der Waals surface area contributed by atoms with Gasteiger partial charge in [0.05, 0.1) is 11.9 Å². The zero-order chi connectivity index (χ0) is 16.7. The third kappa shape index (κ3) is 5.40. The zero-order valence-electron chi connectivity index (χ0n) is 14.1. The van der Waals surface area contributed by atoms with Crippen molar-refractivity contribution in [1.29, 1.82) is 0 Å². The molecule has 0 radical (unpaired) electrons. The Balaban J connectivity index is 1.87. The highest BCUT2D eigenvalue weighted by molar-refractivity contribution is 5.92. The van der Waals surface area contributed by atoms with Gasteiger partial charge in [-0.25, -0.2) is 4.98 Å². The number of nitrogens with zero attached hydrogens (tertiary/aromatic N) is 1. The van der Waals surface area contributed by atoms with Crippen LogP contribution in [-0.4, -0.2) is 17.4 Å². The van der Waals surface area contributed by atoms with Crippen molar-refractivity contribution < 1.29 is 4.79 Å². The van der Waals surface area contributed by atoms with Gasteiger partial charge in [0.2, 0.25) is 0 Å². The number of aryl methyl sites for hydroxylation is 1. The smallest absolute Gasteiger partial charge is 0.269 e. The minimum atomic E-state index is -0.115. The molecule has 1 aromatic heterocycles. The van der Waals surface area contributed by atoms with Gasteiger partial charge in [0.15, 0.2) is 0 Å². The molecule has 2 N–H and O–H groups in total. The molecule has 2 rings (SSSR count). The molecule has 0 saturated heterocycles. The van der Waals surface area contributed by atoms with E-state index in [1.165, 1.54) is 11.1 Å². The predicted octanol–water partition coefficient (Wildman–Crippen LogP) is 3.78. The lowest BCUT2D eigenvalue weighted by Gasteiger charge is -2.10. The maximum atomic E-state index is 12.0. The first-order valence-electron chi connectivity index (χ1n) is 8.09. The van der Waals surface area contributed by atoms with Crippen LogP contribution in [0.2, 0.25) is 0 Å². The number of hydrogen-bond donors (Lipinski definition) is 2. The highest BCUT2D eigenvalue weighted by Gasteiger charge is 2.07. The Morgan fingerprint density at radius 2 is 1.96 bits per heavy atom. The number of nitrogens with one attached hydrogen (secondary N) is 2. The van der Waals surface area contributed by atoms with Crippen molar-refractivity contribution in [3.63, 3.8) is 0 Å². The molecule has 1 amide bonds. The molecule has 0 saturated carbocycles. The number of pyridine rings is 1. The molecular formula is C19H25N3O. The molecule has 0 atom stereocenters. The van der Waals surface area contributed by atoms with Crippen LogP contribution in [0, 0.1) is 12.8 Å². The Kier molecular flexibility index (Phi) is 6.15. The summed E-state index contributed by atoms with van der Waals surface area (Å²) in [7, 11) is 0. The predicted molar refractivity (Wildman–Crippen MR) is 94.5 cm³/mol. The van der Waals surface area contributed by atoms with E-state index >= 15 is 0 Å². The molecule has 2 aromatic rings. The summed E-state index contributed by atoms with van der Waals surface area (Å²) in [5, 5.41) is 6.23. The van der Waals surface area contributed by atoms with Crippen LogP contribution in [-0.2, 0) is 6.54 Å². The lowest BCUT2D eigenvalue weighted by Crippen LogP contribution is -2.26. The van der Waals surface area contributed by atoms with Crippen LogP contribution < -0.4 is 10.6 Å². The SMILES string of the molecule is Cc1ccccc1CNc1ccc(C(=O)NCCC(C)C)nc1. The standard InChI is InChI=1S/C19H25N3O/c1-14(2)10-11-20-19(23)18-9-8-17(13-22-18)21-12-16-7-5-4-6-15(16)3/h4-9,13-14,21H,10-12H2,1-3H3,(H,20,23). The Bertz CT molecular complexity index is 635. The summed E-state index contributed by atoms with van der Waals surface area (Å²) in [6.07, 6.45) is 2.68. The molecular weight excluding hydrogens is 286 g/mol. The van der Waals surface area contributed by atoms with E-state index in [1.54, 1.807) is 12.3 Å². The van der Waals surface area contributed by atoms with Gasteiger partial charge in [-0.3, -0.25) is 4.79 Å². The molecule has 4 nitrogen and oxygen atoms in total. The number of anilines is 1. The maximum absolute atomic E-state index is 12.0. The van der Waals surface area contributed by atoms with E-state index in [0.717, 1.165) is 18.7 Å². The van der Waals surface area contributed by atoms with Gasteiger partial charge in [0, 0.05) is 13.1 Å². The summed E-state index contributed by atoms with van der Waals surface area (Å²) in [5.74, 6) is 0.465. The molecule has 0 unspecified atom stereocenters. The van der Waals surface area contributed by atoms with Gasteiger partial charge in [-0.05, 0) is 42.5 Å². The van der Waals surface area contributed by atoms with Crippen molar-refractivity contribution in [2.24, 2.45) is 5.92 Å². The number of benzene rings is 1. The fourth-order valence-electron chi connectivity index (χ4n) is 2.20. The fraction of sp³-hybridized carbons (Fsp3) is 0.368. The highest BCUT2D eigenvalue weighted by Crippen LogP contribution is 2.11. The van der Waals surface area contributed by atoms with Crippen molar-refractivity contribution in [1.82, 2.24) is 10.3 Å². The van der Waals surface area contributed by atoms with Crippen LogP contribution in [0.25, 0.3) is 0 Å². The molecule has 0 aliphatic carbocycles. The summed E-state index contributed by atoms with van der Waals surface area (Å²) in [6.45, 7) is 7.80. The normalized spacial score (nSPS) is 10.6. The molecule has 23 heavy (non-hydrogen) atoms. The van der Waals surface area contributed by atoms with E-state index in [9.17, 15) is 4.79 Å². The molecule has 1 aromatic carbocycles. The van der Waals surface area contributed by atoms with E-state index in [1.807, 2.05) is 18.2 Å². The average Bonchev–Trinajstić information content (AvgIpc) is 2.54. The Labute approximate surface area is 138 Å². The number of carbonyl (C=O) groups excluding carboxylic acids is 1. The van der Waals surface area contributed by atoms with E-state index < -0.39 is 0 Å². The van der Waals surface area contributed by atoms with Gasteiger partial charge < -0.3 is 10.6 Å². The minimum absolute atomic E-state index is 0.115. The average molecular weight is 311 g/mol. The molecule has 0 bridgehead atoms. The lowest BCUT2D eigenvalue weighted by molar-refractivity contribution is 0.0947. The Hall–Kier alpha value is -2.36.